The number of ether oxygens (including phenoxy) is 1. The van der Waals surface area contributed by atoms with Gasteiger partial charge in [-0.15, -0.1) is 0 Å². The minimum absolute atomic E-state index is 0.834. The lowest BCUT2D eigenvalue weighted by atomic mass is 10.1. The molecule has 0 aromatic heterocycles. The van der Waals surface area contributed by atoms with Crippen LogP contribution < -0.4 is 4.74 Å². The van der Waals surface area contributed by atoms with Crippen molar-refractivity contribution in [3.8, 4) is 5.75 Å². The van der Waals surface area contributed by atoms with Crippen molar-refractivity contribution in [2.24, 2.45) is 0 Å². The lowest BCUT2D eigenvalue weighted by Crippen LogP contribution is -1.89. The SMILES string of the molecule is CCc1ccc(OC)c2c1SS(=O)S2. The van der Waals surface area contributed by atoms with Crippen molar-refractivity contribution in [1.82, 2.24) is 0 Å². The van der Waals surface area contributed by atoms with E-state index in [0.29, 0.717) is 0 Å². The summed E-state index contributed by atoms with van der Waals surface area (Å²) in [5.41, 5.74) is 1.25. The van der Waals surface area contributed by atoms with Crippen molar-refractivity contribution >= 4 is 30.5 Å². The van der Waals surface area contributed by atoms with Crippen molar-refractivity contribution in [3.05, 3.63) is 17.7 Å². The number of methoxy groups -OCH3 is 1. The second-order valence-electron chi connectivity index (χ2n) is 2.81. The Hall–Kier alpha value is -0.130. The van der Waals surface area contributed by atoms with E-state index in [-0.39, 0.29) is 0 Å². The fourth-order valence-corrected chi connectivity index (χ4v) is 6.67. The van der Waals surface area contributed by atoms with Crippen LogP contribution in [-0.4, -0.2) is 11.3 Å². The summed E-state index contributed by atoms with van der Waals surface area (Å²) in [6, 6.07) is 4.00. The molecule has 1 atom stereocenters. The highest BCUT2D eigenvalue weighted by Crippen LogP contribution is 2.52. The molecule has 0 saturated carbocycles. The van der Waals surface area contributed by atoms with Gasteiger partial charge in [-0.1, -0.05) is 13.0 Å². The van der Waals surface area contributed by atoms with Crippen LogP contribution >= 0.6 is 21.6 Å². The van der Waals surface area contributed by atoms with Crippen molar-refractivity contribution in [2.75, 3.05) is 7.11 Å². The molecule has 2 nitrogen and oxygen atoms in total. The zero-order valence-corrected chi connectivity index (χ0v) is 10.4. The zero-order valence-electron chi connectivity index (χ0n) is 7.90. The first-order chi connectivity index (χ1) is 6.76. The molecule has 5 heteroatoms. The van der Waals surface area contributed by atoms with E-state index in [1.165, 1.54) is 27.2 Å². The third-order valence-corrected chi connectivity index (χ3v) is 6.71. The molecule has 1 unspecified atom stereocenters. The minimum Gasteiger partial charge on any atom is -0.496 e. The first-order valence-corrected chi connectivity index (χ1v) is 8.06. The Kier molecular flexibility index (Phi) is 3.09. The first kappa shape index (κ1) is 10.4. The van der Waals surface area contributed by atoms with E-state index in [9.17, 15) is 4.21 Å². The number of fused-ring (bicyclic) bond motifs is 1. The Labute approximate surface area is 93.1 Å². The molecule has 0 amide bonds. The zero-order chi connectivity index (χ0) is 10.1. The summed E-state index contributed by atoms with van der Waals surface area (Å²) >= 11 is 0. The average molecular weight is 246 g/mol. The maximum Gasteiger partial charge on any atom is 0.151 e. The Balaban J connectivity index is 2.55. The van der Waals surface area contributed by atoms with Gasteiger partial charge in [-0.2, -0.15) is 0 Å². The van der Waals surface area contributed by atoms with E-state index in [2.05, 4.69) is 6.92 Å². The highest BCUT2D eigenvalue weighted by Gasteiger charge is 2.25. The summed E-state index contributed by atoms with van der Waals surface area (Å²) in [4.78, 5) is 2.17. The number of hydrogen-bond acceptors (Lipinski definition) is 4. The highest BCUT2D eigenvalue weighted by molar-refractivity contribution is 9.03. The van der Waals surface area contributed by atoms with E-state index in [1.807, 2.05) is 12.1 Å². The van der Waals surface area contributed by atoms with Gasteiger partial charge in [0.2, 0.25) is 0 Å². The van der Waals surface area contributed by atoms with Crippen LogP contribution in [0.3, 0.4) is 0 Å². The van der Waals surface area contributed by atoms with Crippen LogP contribution in [0.15, 0.2) is 21.9 Å². The smallest absolute Gasteiger partial charge is 0.151 e. The Morgan fingerprint density at radius 2 is 2.07 bits per heavy atom. The Morgan fingerprint density at radius 1 is 1.36 bits per heavy atom. The largest absolute Gasteiger partial charge is 0.496 e. The van der Waals surface area contributed by atoms with E-state index < -0.39 is 8.86 Å². The van der Waals surface area contributed by atoms with Crippen LogP contribution in [0.2, 0.25) is 0 Å². The standard InChI is InChI=1S/C9H10O2S3/c1-3-6-4-5-7(11-2)9-8(6)12-14(10)13-9/h4-5H,3H2,1-2H3. The number of aryl methyl sites for hydroxylation is 1. The molecular weight excluding hydrogens is 236 g/mol. The molecule has 14 heavy (non-hydrogen) atoms. The Bertz CT molecular complexity index is 355. The molecule has 1 aliphatic heterocycles. The molecule has 0 saturated heterocycles. The molecule has 0 aliphatic carbocycles. The second-order valence-corrected chi connectivity index (χ2v) is 7.82. The van der Waals surface area contributed by atoms with Gasteiger partial charge in [-0.3, -0.25) is 0 Å². The molecule has 0 fully saturated rings. The van der Waals surface area contributed by atoms with Gasteiger partial charge in [0.15, 0.2) is 8.86 Å². The van der Waals surface area contributed by atoms with Crippen LogP contribution in [0.1, 0.15) is 12.5 Å². The lowest BCUT2D eigenvalue weighted by Gasteiger charge is -2.07. The molecule has 1 aromatic carbocycles. The van der Waals surface area contributed by atoms with E-state index >= 15 is 0 Å². The molecule has 1 aromatic rings. The van der Waals surface area contributed by atoms with Crippen molar-refractivity contribution in [3.63, 3.8) is 0 Å². The van der Waals surface area contributed by atoms with Gasteiger partial charge in [-0.25, -0.2) is 4.21 Å². The van der Waals surface area contributed by atoms with Crippen LogP contribution in [-0.2, 0) is 15.3 Å². The van der Waals surface area contributed by atoms with Crippen molar-refractivity contribution in [1.29, 1.82) is 0 Å². The maximum atomic E-state index is 11.4. The minimum atomic E-state index is -0.890. The lowest BCUT2D eigenvalue weighted by molar-refractivity contribution is 0.402. The van der Waals surface area contributed by atoms with Crippen LogP contribution in [0.4, 0.5) is 0 Å². The van der Waals surface area contributed by atoms with E-state index in [1.54, 1.807) is 7.11 Å². The van der Waals surface area contributed by atoms with Gasteiger partial charge < -0.3 is 4.74 Å². The van der Waals surface area contributed by atoms with Crippen LogP contribution in [0.25, 0.3) is 0 Å². The summed E-state index contributed by atoms with van der Waals surface area (Å²) in [5.74, 6) is 0.834. The third kappa shape index (κ3) is 1.68. The molecular formula is C9H10O2S3. The summed E-state index contributed by atoms with van der Waals surface area (Å²) < 4.78 is 16.7. The van der Waals surface area contributed by atoms with Crippen molar-refractivity contribution in [2.45, 2.75) is 23.1 Å². The van der Waals surface area contributed by atoms with Gasteiger partial charge in [0.1, 0.15) is 5.75 Å². The fraction of sp³-hybridized carbons (Fsp3) is 0.333. The second kappa shape index (κ2) is 4.16. The third-order valence-electron chi connectivity index (χ3n) is 2.06. The quantitative estimate of drug-likeness (QED) is 0.749. The number of rotatable bonds is 2. The normalized spacial score (nSPS) is 19.4. The molecule has 1 aliphatic rings. The highest BCUT2D eigenvalue weighted by atomic mass is 33.5. The summed E-state index contributed by atoms with van der Waals surface area (Å²) in [6.07, 6.45) is 0.969. The molecule has 0 bridgehead atoms. The van der Waals surface area contributed by atoms with Gasteiger partial charge in [-0.05, 0) is 39.6 Å². The van der Waals surface area contributed by atoms with E-state index in [4.69, 9.17) is 4.74 Å². The molecule has 0 N–H and O–H groups in total. The maximum absolute atomic E-state index is 11.4. The van der Waals surface area contributed by atoms with Gasteiger partial charge in [0.25, 0.3) is 0 Å². The number of benzene rings is 1. The first-order valence-electron chi connectivity index (χ1n) is 4.24. The van der Waals surface area contributed by atoms with Gasteiger partial charge in [0, 0.05) is 4.90 Å². The van der Waals surface area contributed by atoms with Gasteiger partial charge >= 0.3 is 0 Å². The van der Waals surface area contributed by atoms with Gasteiger partial charge in [0.05, 0.1) is 12.0 Å². The van der Waals surface area contributed by atoms with Crippen LogP contribution in [0.5, 0.6) is 5.75 Å². The Morgan fingerprint density at radius 3 is 2.71 bits per heavy atom. The number of hydrogen-bond donors (Lipinski definition) is 0. The summed E-state index contributed by atoms with van der Waals surface area (Å²) in [7, 11) is 3.57. The summed E-state index contributed by atoms with van der Waals surface area (Å²) in [5, 5.41) is 0. The molecule has 2 rings (SSSR count). The molecule has 0 spiro atoms. The van der Waals surface area contributed by atoms with E-state index in [0.717, 1.165) is 22.0 Å². The summed E-state index contributed by atoms with van der Waals surface area (Å²) in [6.45, 7) is 2.11. The predicted octanol–water partition coefficient (Wildman–Crippen LogP) is 3.03. The topological polar surface area (TPSA) is 26.3 Å². The average Bonchev–Trinajstić information content (AvgIpc) is 2.57. The van der Waals surface area contributed by atoms with Crippen molar-refractivity contribution < 1.29 is 8.95 Å². The predicted molar refractivity (Wildman–Crippen MR) is 62.2 cm³/mol. The monoisotopic (exact) mass is 246 g/mol. The molecule has 0 radical (unpaired) electrons. The molecule has 76 valence electrons. The molecule has 1 heterocycles. The van der Waals surface area contributed by atoms with Crippen LogP contribution in [0, 0.1) is 0 Å². The fourth-order valence-electron chi connectivity index (χ4n) is 1.35.